The second-order valence-corrected chi connectivity index (χ2v) is 7.83. The van der Waals surface area contributed by atoms with E-state index in [1.807, 2.05) is 41.5 Å². The van der Waals surface area contributed by atoms with Crippen molar-refractivity contribution in [3.8, 4) is 0 Å². The summed E-state index contributed by atoms with van der Waals surface area (Å²) in [6.07, 6.45) is -0.542. The van der Waals surface area contributed by atoms with Crippen molar-refractivity contribution >= 4 is 23.4 Å². The van der Waals surface area contributed by atoms with E-state index < -0.39 is 17.7 Å². The molecule has 1 fully saturated rings. The Labute approximate surface area is 161 Å². The molecule has 1 aliphatic heterocycles. The summed E-state index contributed by atoms with van der Waals surface area (Å²) in [5, 5.41) is 6.18. The third-order valence-electron chi connectivity index (χ3n) is 4.66. The SMILES string of the molecule is COC(=O)c1c(C)c(NC(=O)OC(C)(C)C)c(C)c(N2CCNCC2)c1C. The summed E-state index contributed by atoms with van der Waals surface area (Å²) in [7, 11) is 1.37. The van der Waals surface area contributed by atoms with E-state index in [0.717, 1.165) is 43.0 Å². The fourth-order valence-electron chi connectivity index (χ4n) is 3.57. The van der Waals surface area contributed by atoms with Crippen LogP contribution in [-0.4, -0.2) is 51.0 Å². The van der Waals surface area contributed by atoms with Crippen LogP contribution in [0.25, 0.3) is 0 Å². The zero-order chi connectivity index (χ0) is 20.4. The first-order valence-corrected chi connectivity index (χ1v) is 9.24. The molecule has 0 radical (unpaired) electrons. The number of benzene rings is 1. The third-order valence-corrected chi connectivity index (χ3v) is 4.66. The van der Waals surface area contributed by atoms with Crippen molar-refractivity contribution in [2.75, 3.05) is 43.5 Å². The summed E-state index contributed by atoms with van der Waals surface area (Å²) in [4.78, 5) is 27.1. The van der Waals surface area contributed by atoms with Gasteiger partial charge in [-0.1, -0.05) is 0 Å². The fraction of sp³-hybridized carbons (Fsp3) is 0.600. The van der Waals surface area contributed by atoms with Crippen LogP contribution in [0.2, 0.25) is 0 Å². The minimum absolute atomic E-state index is 0.409. The van der Waals surface area contributed by atoms with Gasteiger partial charge in [0.25, 0.3) is 0 Å². The first-order valence-electron chi connectivity index (χ1n) is 9.24. The van der Waals surface area contributed by atoms with Crippen LogP contribution in [0.15, 0.2) is 0 Å². The van der Waals surface area contributed by atoms with Gasteiger partial charge < -0.3 is 19.7 Å². The maximum Gasteiger partial charge on any atom is 0.412 e. The molecule has 27 heavy (non-hydrogen) atoms. The number of carbonyl (C=O) groups is 2. The number of rotatable bonds is 3. The van der Waals surface area contributed by atoms with E-state index in [9.17, 15) is 9.59 Å². The Bertz CT molecular complexity index is 732. The van der Waals surface area contributed by atoms with Crippen molar-refractivity contribution in [3.63, 3.8) is 0 Å². The highest BCUT2D eigenvalue weighted by Crippen LogP contribution is 2.38. The molecule has 2 N–H and O–H groups in total. The number of ether oxygens (including phenoxy) is 2. The van der Waals surface area contributed by atoms with Crippen molar-refractivity contribution in [1.82, 2.24) is 5.32 Å². The molecule has 7 nitrogen and oxygen atoms in total. The lowest BCUT2D eigenvalue weighted by Gasteiger charge is -2.34. The predicted molar refractivity (Wildman–Crippen MR) is 107 cm³/mol. The maximum absolute atomic E-state index is 12.5. The van der Waals surface area contributed by atoms with Crippen LogP contribution in [0, 0.1) is 20.8 Å². The Morgan fingerprint density at radius 3 is 2.15 bits per heavy atom. The molecule has 0 unspecified atom stereocenters. The largest absolute Gasteiger partial charge is 0.465 e. The van der Waals surface area contributed by atoms with Gasteiger partial charge in [-0.15, -0.1) is 0 Å². The standard InChI is InChI=1S/C20H31N3O4/c1-12-15(18(24)26-7)13(2)17(23-10-8-21-9-11-23)14(3)16(12)22-19(25)27-20(4,5)6/h21H,8-11H2,1-7H3,(H,22,25). The smallest absolute Gasteiger partial charge is 0.412 e. The normalized spacial score (nSPS) is 14.7. The quantitative estimate of drug-likeness (QED) is 0.788. The topological polar surface area (TPSA) is 79.9 Å². The van der Waals surface area contributed by atoms with Gasteiger partial charge in [-0.25, -0.2) is 9.59 Å². The third kappa shape index (κ3) is 4.71. The molecule has 0 aromatic heterocycles. The van der Waals surface area contributed by atoms with E-state index in [2.05, 4.69) is 15.5 Å². The number of carbonyl (C=O) groups excluding carboxylic acids is 2. The molecule has 1 aromatic rings. The van der Waals surface area contributed by atoms with Crippen molar-refractivity contribution in [2.24, 2.45) is 0 Å². The van der Waals surface area contributed by atoms with E-state index in [-0.39, 0.29) is 0 Å². The van der Waals surface area contributed by atoms with E-state index in [4.69, 9.17) is 9.47 Å². The number of piperazine rings is 1. The highest BCUT2D eigenvalue weighted by atomic mass is 16.6. The van der Waals surface area contributed by atoms with Gasteiger partial charge in [0.1, 0.15) is 5.60 Å². The molecule has 0 bridgehead atoms. The number of esters is 1. The molecule has 150 valence electrons. The maximum atomic E-state index is 12.5. The summed E-state index contributed by atoms with van der Waals surface area (Å²) in [6, 6.07) is 0. The zero-order valence-electron chi connectivity index (χ0n) is 17.4. The van der Waals surface area contributed by atoms with Gasteiger partial charge in [-0.2, -0.15) is 0 Å². The monoisotopic (exact) mass is 377 g/mol. The Balaban J connectivity index is 2.57. The molecule has 1 saturated heterocycles. The number of hydrogen-bond donors (Lipinski definition) is 2. The number of nitrogens with zero attached hydrogens (tertiary/aromatic N) is 1. The summed E-state index contributed by atoms with van der Waals surface area (Å²) >= 11 is 0. The van der Waals surface area contributed by atoms with E-state index in [1.54, 1.807) is 0 Å². The van der Waals surface area contributed by atoms with E-state index in [0.29, 0.717) is 16.8 Å². The van der Waals surface area contributed by atoms with Crippen LogP contribution in [-0.2, 0) is 9.47 Å². The van der Waals surface area contributed by atoms with E-state index >= 15 is 0 Å². The van der Waals surface area contributed by atoms with E-state index in [1.165, 1.54) is 7.11 Å². The van der Waals surface area contributed by atoms with Gasteiger partial charge in [-0.3, -0.25) is 5.32 Å². The molecule has 0 spiro atoms. The molecular formula is C20H31N3O4. The van der Waals surface area contributed by atoms with Gasteiger partial charge in [-0.05, 0) is 58.2 Å². The highest BCUT2D eigenvalue weighted by molar-refractivity contribution is 6.00. The molecule has 1 amide bonds. The molecule has 0 saturated carbocycles. The van der Waals surface area contributed by atoms with Crippen LogP contribution in [0.3, 0.4) is 0 Å². The Morgan fingerprint density at radius 2 is 1.63 bits per heavy atom. The summed E-state index contributed by atoms with van der Waals surface area (Å²) < 4.78 is 10.4. The molecule has 0 aliphatic carbocycles. The van der Waals surface area contributed by atoms with Crippen molar-refractivity contribution < 1.29 is 19.1 Å². The number of amides is 1. The number of methoxy groups -OCH3 is 1. The Hall–Kier alpha value is -2.28. The molecule has 2 rings (SSSR count). The predicted octanol–water partition coefficient (Wildman–Crippen LogP) is 3.16. The van der Waals surface area contributed by atoms with Crippen molar-refractivity contribution in [3.05, 3.63) is 22.3 Å². The highest BCUT2D eigenvalue weighted by Gasteiger charge is 2.27. The molecular weight excluding hydrogens is 346 g/mol. The summed E-state index contributed by atoms with van der Waals surface area (Å²) in [5.41, 5.74) is 3.92. The fourth-order valence-corrected chi connectivity index (χ4v) is 3.57. The molecule has 0 atom stereocenters. The summed E-state index contributed by atoms with van der Waals surface area (Å²) in [6.45, 7) is 14.6. The van der Waals surface area contributed by atoms with Gasteiger partial charge in [0.2, 0.25) is 0 Å². The summed E-state index contributed by atoms with van der Waals surface area (Å²) in [5.74, 6) is -0.409. The van der Waals surface area contributed by atoms with Gasteiger partial charge in [0, 0.05) is 31.9 Å². The molecule has 7 heteroatoms. The molecule has 1 heterocycles. The number of nitrogens with one attached hydrogen (secondary N) is 2. The molecule has 1 aromatic carbocycles. The van der Waals surface area contributed by atoms with Gasteiger partial charge >= 0.3 is 12.1 Å². The average Bonchev–Trinajstić information content (AvgIpc) is 2.58. The minimum Gasteiger partial charge on any atom is -0.465 e. The Kier molecular flexibility index (Phi) is 6.36. The van der Waals surface area contributed by atoms with Crippen LogP contribution < -0.4 is 15.5 Å². The second-order valence-electron chi connectivity index (χ2n) is 7.83. The lowest BCUT2D eigenvalue weighted by atomic mass is 9.93. The lowest BCUT2D eigenvalue weighted by molar-refractivity contribution is 0.0594. The van der Waals surface area contributed by atoms with Crippen LogP contribution in [0.5, 0.6) is 0 Å². The second kappa shape index (κ2) is 8.17. The Morgan fingerprint density at radius 1 is 1.04 bits per heavy atom. The lowest BCUT2D eigenvalue weighted by Crippen LogP contribution is -2.44. The van der Waals surface area contributed by atoms with Crippen LogP contribution >= 0.6 is 0 Å². The average molecular weight is 377 g/mol. The first kappa shape index (κ1) is 21.0. The first-order chi connectivity index (χ1) is 12.6. The minimum atomic E-state index is -0.608. The van der Waals surface area contributed by atoms with Gasteiger partial charge in [0.05, 0.1) is 18.4 Å². The van der Waals surface area contributed by atoms with Crippen molar-refractivity contribution in [1.29, 1.82) is 0 Å². The van der Waals surface area contributed by atoms with Crippen LogP contribution in [0.1, 0.15) is 47.8 Å². The molecule has 1 aliphatic rings. The van der Waals surface area contributed by atoms with Gasteiger partial charge in [0.15, 0.2) is 0 Å². The number of hydrogen-bond acceptors (Lipinski definition) is 6. The van der Waals surface area contributed by atoms with Crippen LogP contribution in [0.4, 0.5) is 16.2 Å². The zero-order valence-corrected chi connectivity index (χ0v) is 17.4. The van der Waals surface area contributed by atoms with Crippen molar-refractivity contribution in [2.45, 2.75) is 47.1 Å². The number of anilines is 2.